The number of aryl methyl sites for hydroxylation is 1. The first-order chi connectivity index (χ1) is 13.2. The highest BCUT2D eigenvalue weighted by molar-refractivity contribution is 5.61. The van der Waals surface area contributed by atoms with E-state index >= 15 is 0 Å². The number of rotatable bonds is 5. The second-order valence-electron chi connectivity index (χ2n) is 6.84. The van der Waals surface area contributed by atoms with Gasteiger partial charge in [0.2, 0.25) is 0 Å². The van der Waals surface area contributed by atoms with Crippen LogP contribution in [0.25, 0.3) is 0 Å². The molecule has 0 spiro atoms. The van der Waals surface area contributed by atoms with Crippen molar-refractivity contribution in [1.29, 1.82) is 0 Å². The molecule has 0 bridgehead atoms. The highest BCUT2D eigenvalue weighted by atomic mass is 16.5. The van der Waals surface area contributed by atoms with Crippen molar-refractivity contribution in [2.24, 2.45) is 0 Å². The molecular weight excluding hydrogens is 336 g/mol. The number of aromatic nitrogens is 2. The maximum absolute atomic E-state index is 5.23. The molecule has 1 aliphatic rings. The van der Waals surface area contributed by atoms with E-state index in [-0.39, 0.29) is 0 Å². The summed E-state index contributed by atoms with van der Waals surface area (Å²) in [6, 6.07) is 18.5. The molecule has 0 saturated heterocycles. The number of fused-ring (bicyclic) bond motifs is 1. The lowest BCUT2D eigenvalue weighted by Crippen LogP contribution is -2.31. The van der Waals surface area contributed by atoms with Crippen LogP contribution in [-0.4, -0.2) is 28.5 Å². The molecule has 0 amide bonds. The van der Waals surface area contributed by atoms with E-state index in [1.807, 2.05) is 31.2 Å². The van der Waals surface area contributed by atoms with Gasteiger partial charge in [-0.1, -0.05) is 30.3 Å². The predicted octanol–water partition coefficient (Wildman–Crippen LogP) is 4.10. The fourth-order valence-corrected chi connectivity index (χ4v) is 3.50. The largest absolute Gasteiger partial charge is 0.497 e. The molecule has 4 rings (SSSR count). The molecule has 0 fully saturated rings. The lowest BCUT2D eigenvalue weighted by Gasteiger charge is -2.29. The average molecular weight is 360 g/mol. The first-order valence-electron chi connectivity index (χ1n) is 9.25. The quantitative estimate of drug-likeness (QED) is 0.742. The zero-order valence-corrected chi connectivity index (χ0v) is 15.8. The molecule has 0 unspecified atom stereocenters. The molecule has 0 aliphatic carbocycles. The minimum Gasteiger partial charge on any atom is -0.497 e. The molecule has 1 aliphatic heterocycles. The van der Waals surface area contributed by atoms with Gasteiger partial charge in [-0.3, -0.25) is 4.90 Å². The summed E-state index contributed by atoms with van der Waals surface area (Å²) < 4.78 is 5.23. The Labute approximate surface area is 160 Å². The molecule has 2 aromatic carbocycles. The zero-order chi connectivity index (χ0) is 18.6. The van der Waals surface area contributed by atoms with E-state index in [0.717, 1.165) is 54.8 Å². The van der Waals surface area contributed by atoms with E-state index < -0.39 is 0 Å². The second-order valence-corrected chi connectivity index (χ2v) is 6.84. The highest BCUT2D eigenvalue weighted by Gasteiger charge is 2.22. The number of methoxy groups -OCH3 is 1. The molecule has 0 saturated carbocycles. The van der Waals surface area contributed by atoms with Crippen molar-refractivity contribution >= 4 is 11.5 Å². The Kier molecular flexibility index (Phi) is 5.03. The summed E-state index contributed by atoms with van der Waals surface area (Å²) in [6.45, 7) is 4.76. The van der Waals surface area contributed by atoms with Crippen molar-refractivity contribution in [3.05, 3.63) is 77.2 Å². The molecule has 27 heavy (non-hydrogen) atoms. The van der Waals surface area contributed by atoms with Gasteiger partial charge in [0.1, 0.15) is 17.4 Å². The third-order valence-electron chi connectivity index (χ3n) is 4.86. The van der Waals surface area contributed by atoms with Gasteiger partial charge >= 0.3 is 0 Å². The summed E-state index contributed by atoms with van der Waals surface area (Å²) in [5.74, 6) is 2.56. The number of hydrogen-bond donors (Lipinski definition) is 1. The minimum atomic E-state index is 0.798. The van der Waals surface area contributed by atoms with Crippen molar-refractivity contribution in [2.75, 3.05) is 19.0 Å². The summed E-state index contributed by atoms with van der Waals surface area (Å²) in [4.78, 5) is 11.8. The molecule has 0 radical (unpaired) electrons. The molecule has 1 aromatic heterocycles. The van der Waals surface area contributed by atoms with E-state index in [4.69, 9.17) is 9.72 Å². The molecule has 0 atom stereocenters. The number of nitrogens with one attached hydrogen (secondary N) is 1. The van der Waals surface area contributed by atoms with Crippen LogP contribution in [0.15, 0.2) is 54.6 Å². The van der Waals surface area contributed by atoms with Crippen LogP contribution in [0.4, 0.5) is 11.5 Å². The summed E-state index contributed by atoms with van der Waals surface area (Å²) in [6.07, 6.45) is 0.945. The van der Waals surface area contributed by atoms with E-state index in [9.17, 15) is 0 Å². The van der Waals surface area contributed by atoms with Crippen LogP contribution in [0.2, 0.25) is 0 Å². The van der Waals surface area contributed by atoms with E-state index in [0.29, 0.717) is 0 Å². The monoisotopic (exact) mass is 360 g/mol. The number of hydrogen-bond acceptors (Lipinski definition) is 5. The van der Waals surface area contributed by atoms with Crippen LogP contribution < -0.4 is 10.1 Å². The summed E-state index contributed by atoms with van der Waals surface area (Å²) in [5, 5.41) is 3.46. The summed E-state index contributed by atoms with van der Waals surface area (Å²) in [5.41, 5.74) is 4.69. The Balaban J connectivity index is 1.54. The molecule has 3 aromatic rings. The smallest absolute Gasteiger partial charge is 0.137 e. The van der Waals surface area contributed by atoms with Crippen molar-refractivity contribution in [3.8, 4) is 5.75 Å². The van der Waals surface area contributed by atoms with Gasteiger partial charge in [0.15, 0.2) is 0 Å². The topological polar surface area (TPSA) is 50.3 Å². The Hall–Kier alpha value is -2.92. The van der Waals surface area contributed by atoms with Crippen LogP contribution in [0.3, 0.4) is 0 Å². The van der Waals surface area contributed by atoms with Gasteiger partial charge < -0.3 is 10.1 Å². The third kappa shape index (κ3) is 4.09. The van der Waals surface area contributed by atoms with Crippen molar-refractivity contribution in [2.45, 2.75) is 26.4 Å². The van der Waals surface area contributed by atoms with E-state index in [2.05, 4.69) is 45.5 Å². The van der Waals surface area contributed by atoms with E-state index in [1.54, 1.807) is 7.11 Å². The fraction of sp³-hybridized carbons (Fsp3) is 0.273. The lowest BCUT2D eigenvalue weighted by molar-refractivity contribution is 0.241. The van der Waals surface area contributed by atoms with Gasteiger partial charge in [0.25, 0.3) is 0 Å². The highest BCUT2D eigenvalue weighted by Crippen LogP contribution is 2.27. The van der Waals surface area contributed by atoms with Crippen molar-refractivity contribution < 1.29 is 4.74 Å². The van der Waals surface area contributed by atoms with Crippen LogP contribution in [0, 0.1) is 6.92 Å². The summed E-state index contributed by atoms with van der Waals surface area (Å²) in [7, 11) is 1.67. The molecule has 138 valence electrons. The average Bonchev–Trinajstić information content (AvgIpc) is 2.69. The minimum absolute atomic E-state index is 0.798. The molecule has 2 heterocycles. The Bertz CT molecular complexity index is 910. The lowest BCUT2D eigenvalue weighted by atomic mass is 10.0. The van der Waals surface area contributed by atoms with Gasteiger partial charge in [-0.2, -0.15) is 0 Å². The van der Waals surface area contributed by atoms with Crippen LogP contribution in [0.5, 0.6) is 5.75 Å². The van der Waals surface area contributed by atoms with Gasteiger partial charge in [-0.15, -0.1) is 0 Å². The van der Waals surface area contributed by atoms with Gasteiger partial charge in [-0.25, -0.2) is 9.97 Å². The van der Waals surface area contributed by atoms with Gasteiger partial charge in [-0.05, 0) is 43.2 Å². The normalized spacial score (nSPS) is 13.9. The first-order valence-corrected chi connectivity index (χ1v) is 9.25. The Morgan fingerprint density at radius 2 is 1.81 bits per heavy atom. The maximum atomic E-state index is 5.23. The fourth-order valence-electron chi connectivity index (χ4n) is 3.50. The van der Waals surface area contributed by atoms with E-state index in [1.165, 1.54) is 11.1 Å². The second kappa shape index (κ2) is 7.76. The maximum Gasteiger partial charge on any atom is 0.137 e. The Morgan fingerprint density at radius 1 is 1.04 bits per heavy atom. The first kappa shape index (κ1) is 17.5. The number of nitrogens with zero attached hydrogens (tertiary/aromatic N) is 3. The number of ether oxygens (including phenoxy) is 1. The van der Waals surface area contributed by atoms with Gasteiger partial charge in [0.05, 0.1) is 12.8 Å². The Morgan fingerprint density at radius 3 is 2.56 bits per heavy atom. The van der Waals surface area contributed by atoms with Crippen LogP contribution >= 0.6 is 0 Å². The van der Waals surface area contributed by atoms with Crippen molar-refractivity contribution in [1.82, 2.24) is 14.9 Å². The SMILES string of the molecule is COc1ccc(Nc2nc(C)nc3c2CCN(Cc2ccccc2)C3)cc1. The van der Waals surface area contributed by atoms with Crippen LogP contribution in [-0.2, 0) is 19.5 Å². The van der Waals surface area contributed by atoms with Crippen LogP contribution in [0.1, 0.15) is 22.6 Å². The molecule has 1 N–H and O–H groups in total. The number of benzene rings is 2. The summed E-state index contributed by atoms with van der Waals surface area (Å²) >= 11 is 0. The van der Waals surface area contributed by atoms with Crippen molar-refractivity contribution in [3.63, 3.8) is 0 Å². The molecular formula is C22H24N4O. The van der Waals surface area contributed by atoms with Gasteiger partial charge in [0, 0.05) is 30.9 Å². The molecule has 5 nitrogen and oxygen atoms in total. The number of anilines is 2. The molecule has 5 heteroatoms. The predicted molar refractivity (Wildman–Crippen MR) is 107 cm³/mol. The standard InChI is InChI=1S/C22H24N4O/c1-16-23-21-15-26(14-17-6-4-3-5-7-17)13-12-20(21)22(24-16)25-18-8-10-19(27-2)11-9-18/h3-11H,12-15H2,1-2H3,(H,23,24,25). The zero-order valence-electron chi connectivity index (χ0n) is 15.8. The third-order valence-corrected chi connectivity index (χ3v) is 4.86.